The number of ketones is 2. The maximum atomic E-state index is 14.5. The number of methoxy groups -OCH3 is 3. The summed E-state index contributed by atoms with van der Waals surface area (Å²) in [5.41, 5.74) is 9.30. The molecule has 2 bridgehead atoms. The number of fused-ring (bicyclic) bond motifs is 3. The molecule has 0 aromatic heterocycles. The fraction of sp³-hybridized carbons (Fsp3) is 0.661. The molecule has 5 rings (SSSR count). The van der Waals surface area contributed by atoms with Gasteiger partial charge in [0.05, 0.1) is 31.1 Å². The van der Waals surface area contributed by atoms with Gasteiger partial charge in [-0.15, -0.1) is 0 Å². The minimum Gasteiger partial charge on any atom is -0.497 e. The number of hydrogen-bond acceptors (Lipinski definition) is 14. The van der Waals surface area contributed by atoms with Crippen molar-refractivity contribution in [2.45, 2.75) is 180 Å². The minimum absolute atomic E-state index is 0.0158. The van der Waals surface area contributed by atoms with Crippen LogP contribution in [0.15, 0.2) is 76.9 Å². The van der Waals surface area contributed by atoms with Crippen molar-refractivity contribution >= 4 is 34.8 Å². The molecule has 1 saturated carbocycles. The zero-order chi connectivity index (χ0) is 52.0. The monoisotopic (exact) mass is 990 g/mol. The normalized spacial score (nSPS) is 37.4. The summed E-state index contributed by atoms with van der Waals surface area (Å²) >= 11 is 0. The predicted molar refractivity (Wildman–Crippen MR) is 273 cm³/mol. The molecule has 0 spiro atoms. The number of cyclic esters (lactones) is 1. The average molecular weight is 990 g/mol. The number of nitrogens with two attached hydrogens (primary N) is 1. The fourth-order valence-corrected chi connectivity index (χ4v) is 10.7. The summed E-state index contributed by atoms with van der Waals surface area (Å²) in [6, 6.07) is 5.62. The number of esters is 1. The number of carbonyl (C=O) groups excluding carboxylic acids is 4. The number of rotatable bonds is 7. The molecule has 15 heteroatoms. The Kier molecular flexibility index (Phi) is 22.0. The summed E-state index contributed by atoms with van der Waals surface area (Å²) in [6.45, 7) is 11.3. The van der Waals surface area contributed by atoms with Gasteiger partial charge in [0, 0.05) is 50.8 Å². The number of amides is 1. The van der Waals surface area contributed by atoms with Crippen LogP contribution >= 0.6 is 0 Å². The van der Waals surface area contributed by atoms with Crippen LogP contribution in [0, 0.1) is 29.6 Å². The Bertz CT molecular complexity index is 2100. The standard InChI is InChI=1S/C56H83N3O12/c1-34-15-11-10-12-16-35(2)45(58-42-21-24-43(67-7)25-22-42)33-44-23-18-39(6)56(66,71-44)53(63)54(64)59-28-14-13-17-46(59)55(65)70-48(36(3)30-40-19-26-47(60)49(32-40)68-8)27-20-41(57)31-38(5)51(62)52(69-9)50(61)37(4)29-34/h10-12,15-16,21-22,24-25,31,34,36-37,39-41,44,46-49,51-52,60,62,66H,13-14,17-20,23,26-30,32-33,57H2,1-9H3/b12-10+,15-11+,35-16+,38-31+,58-45?/t34-,36-,37?,39?,40?,41+,44+,46?,47-,48+,49?,51?,52+,56?/m1/s1. The summed E-state index contributed by atoms with van der Waals surface area (Å²) in [5.74, 6) is -5.88. The number of Topliss-reactive ketones (excluding diaryl/α,β-unsaturated/α-hetero) is 2. The number of ether oxygens (including phenoxy) is 5. The topological polar surface area (TPSA) is 217 Å². The van der Waals surface area contributed by atoms with Gasteiger partial charge in [0.15, 0.2) is 5.78 Å². The number of aliphatic imine (C=N–C) groups is 1. The number of hydrogen-bond donors (Lipinski definition) is 4. The molecule has 7 unspecified atom stereocenters. The van der Waals surface area contributed by atoms with Gasteiger partial charge in [-0.3, -0.25) is 19.4 Å². The molecule has 1 aromatic carbocycles. The second-order valence-electron chi connectivity index (χ2n) is 20.8. The summed E-state index contributed by atoms with van der Waals surface area (Å²) in [5, 5.41) is 34.2. The lowest BCUT2D eigenvalue weighted by Crippen LogP contribution is -2.60. The van der Waals surface area contributed by atoms with Crippen molar-refractivity contribution in [3.05, 3.63) is 71.9 Å². The third-order valence-electron chi connectivity index (χ3n) is 15.2. The molecule has 15 nitrogen and oxygen atoms in total. The van der Waals surface area contributed by atoms with E-state index in [1.807, 2.05) is 82.3 Å². The van der Waals surface area contributed by atoms with Crippen LogP contribution in [-0.4, -0.2) is 132 Å². The van der Waals surface area contributed by atoms with Crippen molar-refractivity contribution in [3.63, 3.8) is 0 Å². The quantitative estimate of drug-likeness (QED) is 0.119. The Hall–Kier alpha value is -4.35. The first kappa shape index (κ1) is 57.5. The van der Waals surface area contributed by atoms with E-state index < -0.39 is 77.9 Å². The fourth-order valence-electron chi connectivity index (χ4n) is 10.7. The van der Waals surface area contributed by atoms with Gasteiger partial charge in [-0.25, -0.2) is 4.79 Å². The van der Waals surface area contributed by atoms with Crippen LogP contribution in [0.1, 0.15) is 125 Å². The highest BCUT2D eigenvalue weighted by atomic mass is 16.6. The molecule has 2 saturated heterocycles. The van der Waals surface area contributed by atoms with E-state index in [-0.39, 0.29) is 49.0 Å². The number of aliphatic hydroxyl groups is 3. The summed E-state index contributed by atoms with van der Waals surface area (Å²) in [6.07, 6.45) is 13.3. The Morgan fingerprint density at radius 3 is 2.31 bits per heavy atom. The first-order valence-electron chi connectivity index (χ1n) is 25.9. The Morgan fingerprint density at radius 1 is 0.887 bits per heavy atom. The molecule has 5 N–H and O–H groups in total. The predicted octanol–water partition coefficient (Wildman–Crippen LogP) is 7.46. The molecule has 0 radical (unpaired) electrons. The number of benzene rings is 1. The molecule has 3 aliphatic heterocycles. The van der Waals surface area contributed by atoms with E-state index in [1.54, 1.807) is 34.1 Å². The van der Waals surface area contributed by atoms with Crippen LogP contribution in [0.2, 0.25) is 0 Å². The summed E-state index contributed by atoms with van der Waals surface area (Å²) < 4.78 is 29.3. The van der Waals surface area contributed by atoms with Gasteiger partial charge < -0.3 is 49.6 Å². The molecule has 1 aliphatic carbocycles. The second-order valence-corrected chi connectivity index (χ2v) is 20.8. The maximum absolute atomic E-state index is 14.5. The number of carbonyl (C=O) groups is 4. The molecule has 14 atom stereocenters. The summed E-state index contributed by atoms with van der Waals surface area (Å²) in [7, 11) is 4.59. The van der Waals surface area contributed by atoms with Gasteiger partial charge in [0.2, 0.25) is 5.79 Å². The molecule has 3 fully saturated rings. The lowest BCUT2D eigenvalue weighted by atomic mass is 9.78. The number of piperidine rings is 1. The van der Waals surface area contributed by atoms with Crippen molar-refractivity contribution in [1.29, 1.82) is 0 Å². The van der Waals surface area contributed by atoms with E-state index in [9.17, 15) is 34.5 Å². The van der Waals surface area contributed by atoms with Gasteiger partial charge in [0.25, 0.3) is 11.7 Å². The third kappa shape index (κ3) is 15.6. The third-order valence-corrected chi connectivity index (χ3v) is 15.2. The van der Waals surface area contributed by atoms with E-state index in [0.717, 1.165) is 12.0 Å². The molecule has 1 amide bonds. The van der Waals surface area contributed by atoms with Gasteiger partial charge >= 0.3 is 5.97 Å². The first-order valence-corrected chi connectivity index (χ1v) is 25.9. The van der Waals surface area contributed by atoms with Crippen molar-refractivity contribution < 1.29 is 58.2 Å². The van der Waals surface area contributed by atoms with Crippen LogP contribution in [-0.2, 0) is 38.1 Å². The molecule has 71 heavy (non-hydrogen) atoms. The maximum Gasteiger partial charge on any atom is 0.329 e. The Labute approximate surface area is 421 Å². The minimum atomic E-state index is -2.46. The molecular formula is C56H83N3O12. The lowest BCUT2D eigenvalue weighted by molar-refractivity contribution is -0.261. The highest BCUT2D eigenvalue weighted by Crippen LogP contribution is 2.38. The van der Waals surface area contributed by atoms with Crippen molar-refractivity contribution in [2.24, 2.45) is 40.3 Å². The first-order chi connectivity index (χ1) is 33.8. The van der Waals surface area contributed by atoms with E-state index in [4.69, 9.17) is 34.4 Å². The second kappa shape index (κ2) is 27.1. The largest absolute Gasteiger partial charge is 0.497 e. The van der Waals surface area contributed by atoms with E-state index in [0.29, 0.717) is 86.9 Å². The van der Waals surface area contributed by atoms with Crippen LogP contribution in [0.4, 0.5) is 5.69 Å². The van der Waals surface area contributed by atoms with Crippen LogP contribution in [0.5, 0.6) is 5.75 Å². The smallest absolute Gasteiger partial charge is 0.329 e. The molecule has 1 aromatic rings. The van der Waals surface area contributed by atoms with E-state index in [1.165, 1.54) is 12.0 Å². The van der Waals surface area contributed by atoms with Crippen LogP contribution < -0.4 is 10.5 Å². The zero-order valence-electron chi connectivity index (χ0n) is 43.7. The number of allylic oxidation sites excluding steroid dienone is 6. The molecular weight excluding hydrogens is 907 g/mol. The Morgan fingerprint density at radius 2 is 1.62 bits per heavy atom. The van der Waals surface area contributed by atoms with Gasteiger partial charge in [-0.2, -0.15) is 0 Å². The Balaban J connectivity index is 1.50. The van der Waals surface area contributed by atoms with Crippen molar-refractivity contribution in [2.75, 3.05) is 27.9 Å². The van der Waals surface area contributed by atoms with Crippen LogP contribution in [0.3, 0.4) is 0 Å². The number of nitrogens with zero attached hydrogens (tertiary/aromatic N) is 2. The van der Waals surface area contributed by atoms with Crippen LogP contribution in [0.25, 0.3) is 0 Å². The summed E-state index contributed by atoms with van der Waals surface area (Å²) in [4.78, 5) is 63.4. The van der Waals surface area contributed by atoms with Gasteiger partial charge in [-0.05, 0) is 144 Å². The SMILES string of the molecule is COc1ccc(N=C2C[C@@H]3CCC(C)C(O)(O3)C(=O)C(=O)N3CCCCC3C(=O)O[C@H]([C@H](C)CC3CC[C@@H](O)C(OC)C3)CC[C@H](N)/C=C(\C)C(O)[C@@H](OC)C(=O)C(C)C[C@H](C)/C=C/C=C/C=C/2C)cc1. The van der Waals surface area contributed by atoms with Crippen molar-refractivity contribution in [1.82, 2.24) is 4.90 Å². The number of aliphatic hydroxyl groups excluding tert-OH is 2. The highest BCUT2D eigenvalue weighted by Gasteiger charge is 2.53. The van der Waals surface area contributed by atoms with Gasteiger partial charge in [0.1, 0.15) is 30.1 Å². The average Bonchev–Trinajstić information content (AvgIpc) is 3.35. The zero-order valence-corrected chi connectivity index (χ0v) is 43.7. The van der Waals surface area contributed by atoms with E-state index >= 15 is 0 Å². The highest BCUT2D eigenvalue weighted by molar-refractivity contribution is 6.39. The van der Waals surface area contributed by atoms with Gasteiger partial charge in [-0.1, -0.05) is 64.2 Å². The van der Waals surface area contributed by atoms with Crippen molar-refractivity contribution in [3.8, 4) is 5.75 Å². The lowest BCUT2D eigenvalue weighted by Gasteiger charge is -2.42. The van der Waals surface area contributed by atoms with E-state index in [2.05, 4.69) is 0 Å². The molecule has 3 heterocycles. The molecule has 4 aliphatic rings. The molecule has 394 valence electrons.